The number of nitrogens with one attached hydrogen (secondary N) is 1. The first-order valence-electron chi connectivity index (χ1n) is 7.01. The summed E-state index contributed by atoms with van der Waals surface area (Å²) in [6.45, 7) is 1.80. The van der Waals surface area contributed by atoms with Crippen LogP contribution in [-0.4, -0.2) is 24.2 Å². The molecule has 2 aromatic rings. The number of carbonyl (C=O) groups is 2. The summed E-state index contributed by atoms with van der Waals surface area (Å²) in [5.41, 5.74) is 6.03. The minimum atomic E-state index is -0.573. The maximum Gasteiger partial charge on any atom is 0.250 e. The van der Waals surface area contributed by atoms with E-state index in [0.29, 0.717) is 11.3 Å². The normalized spacial score (nSPS) is 11.6. The van der Waals surface area contributed by atoms with Crippen LogP contribution in [0, 0.1) is 0 Å². The fourth-order valence-electron chi connectivity index (χ4n) is 1.95. The van der Waals surface area contributed by atoms with E-state index >= 15 is 0 Å². The van der Waals surface area contributed by atoms with Crippen molar-refractivity contribution in [1.29, 1.82) is 0 Å². The summed E-state index contributed by atoms with van der Waals surface area (Å²) in [7, 11) is 1.61. The molecule has 0 aliphatic heterocycles. The van der Waals surface area contributed by atoms with Gasteiger partial charge in [-0.2, -0.15) is 0 Å². The monoisotopic (exact) mass is 330 g/mol. The van der Waals surface area contributed by atoms with Gasteiger partial charge in [0, 0.05) is 4.90 Å². The molecule has 6 heteroatoms. The highest BCUT2D eigenvalue weighted by molar-refractivity contribution is 8.00. The van der Waals surface area contributed by atoms with Gasteiger partial charge in [0.05, 0.1) is 23.6 Å². The lowest BCUT2D eigenvalue weighted by Gasteiger charge is -2.14. The van der Waals surface area contributed by atoms with Gasteiger partial charge in [0.15, 0.2) is 0 Å². The van der Waals surface area contributed by atoms with Crippen molar-refractivity contribution in [2.45, 2.75) is 17.1 Å². The summed E-state index contributed by atoms with van der Waals surface area (Å²) < 4.78 is 5.10. The Balaban J connectivity index is 2.04. The van der Waals surface area contributed by atoms with Crippen molar-refractivity contribution < 1.29 is 14.3 Å². The zero-order valence-electron chi connectivity index (χ0n) is 12.9. The van der Waals surface area contributed by atoms with E-state index < -0.39 is 5.91 Å². The van der Waals surface area contributed by atoms with E-state index in [-0.39, 0.29) is 11.2 Å². The molecular formula is C17H18N2O3S. The minimum absolute atomic E-state index is 0.195. The molecule has 0 aliphatic carbocycles. The van der Waals surface area contributed by atoms with Crippen LogP contribution in [0.15, 0.2) is 53.4 Å². The first-order valence-corrected chi connectivity index (χ1v) is 7.89. The van der Waals surface area contributed by atoms with Crippen molar-refractivity contribution in [3.63, 3.8) is 0 Å². The fraction of sp³-hybridized carbons (Fsp3) is 0.176. The standard InChI is InChI=1S/C17H18N2O3S/c1-11(23-13-9-7-12(22-2)8-10-13)17(21)19-15-6-4-3-5-14(15)16(18)20/h3-11H,1-2H3,(H2,18,20)(H,19,21). The number of hydrogen-bond donors (Lipinski definition) is 2. The van der Waals surface area contributed by atoms with Crippen molar-refractivity contribution in [3.8, 4) is 5.75 Å². The topological polar surface area (TPSA) is 81.4 Å². The smallest absolute Gasteiger partial charge is 0.250 e. The molecule has 0 bridgehead atoms. The van der Waals surface area contributed by atoms with E-state index in [1.165, 1.54) is 11.8 Å². The van der Waals surface area contributed by atoms with Crippen LogP contribution >= 0.6 is 11.8 Å². The average Bonchev–Trinajstić information content (AvgIpc) is 2.55. The first-order chi connectivity index (χ1) is 11.0. The van der Waals surface area contributed by atoms with Crippen LogP contribution in [0.3, 0.4) is 0 Å². The van der Waals surface area contributed by atoms with Gasteiger partial charge in [0.2, 0.25) is 5.91 Å². The summed E-state index contributed by atoms with van der Waals surface area (Å²) in [5, 5.41) is 2.42. The van der Waals surface area contributed by atoms with Gasteiger partial charge < -0.3 is 15.8 Å². The molecule has 0 fully saturated rings. The molecule has 0 aromatic heterocycles. The summed E-state index contributed by atoms with van der Waals surface area (Å²) in [5.74, 6) is -0.00211. The number of hydrogen-bond acceptors (Lipinski definition) is 4. The molecule has 2 aromatic carbocycles. The molecule has 0 aliphatic rings. The number of nitrogens with two attached hydrogens (primary N) is 1. The predicted octanol–water partition coefficient (Wildman–Crippen LogP) is 2.91. The molecule has 23 heavy (non-hydrogen) atoms. The number of ether oxygens (including phenoxy) is 1. The van der Waals surface area contributed by atoms with Crippen LogP contribution in [0.25, 0.3) is 0 Å². The number of primary amides is 1. The molecule has 1 unspecified atom stereocenters. The quantitative estimate of drug-likeness (QED) is 0.798. The number of rotatable bonds is 6. The molecule has 0 radical (unpaired) electrons. The fourth-order valence-corrected chi connectivity index (χ4v) is 2.82. The van der Waals surface area contributed by atoms with Crippen LogP contribution in [-0.2, 0) is 4.79 Å². The predicted molar refractivity (Wildman–Crippen MR) is 91.9 cm³/mol. The maximum absolute atomic E-state index is 12.3. The van der Waals surface area contributed by atoms with Gasteiger partial charge in [-0.05, 0) is 43.3 Å². The third-order valence-electron chi connectivity index (χ3n) is 3.19. The Hall–Kier alpha value is -2.47. The Morgan fingerprint density at radius 3 is 2.39 bits per heavy atom. The van der Waals surface area contributed by atoms with Crippen LogP contribution in [0.2, 0.25) is 0 Å². The Bertz CT molecular complexity index is 701. The van der Waals surface area contributed by atoms with Crippen molar-refractivity contribution in [2.24, 2.45) is 5.73 Å². The Labute approximate surface area is 139 Å². The molecule has 120 valence electrons. The van der Waals surface area contributed by atoms with Gasteiger partial charge in [-0.1, -0.05) is 12.1 Å². The Morgan fingerprint density at radius 2 is 1.78 bits per heavy atom. The van der Waals surface area contributed by atoms with E-state index in [2.05, 4.69) is 5.32 Å². The van der Waals surface area contributed by atoms with Gasteiger partial charge in [0.25, 0.3) is 5.91 Å². The number of benzene rings is 2. The van der Waals surface area contributed by atoms with Gasteiger partial charge in [-0.3, -0.25) is 9.59 Å². The lowest BCUT2D eigenvalue weighted by atomic mass is 10.1. The highest BCUT2D eigenvalue weighted by Crippen LogP contribution is 2.26. The van der Waals surface area contributed by atoms with Gasteiger partial charge in [-0.15, -0.1) is 11.8 Å². The second-order valence-corrected chi connectivity index (χ2v) is 6.25. The lowest BCUT2D eigenvalue weighted by molar-refractivity contribution is -0.115. The Kier molecular flexibility index (Phi) is 5.65. The molecule has 5 nitrogen and oxygen atoms in total. The van der Waals surface area contributed by atoms with Crippen molar-refractivity contribution in [2.75, 3.05) is 12.4 Å². The third kappa shape index (κ3) is 4.50. The molecule has 0 heterocycles. The largest absolute Gasteiger partial charge is 0.497 e. The van der Waals surface area contributed by atoms with Crippen molar-refractivity contribution in [1.82, 2.24) is 0 Å². The van der Waals surface area contributed by atoms with Crippen LogP contribution in [0.1, 0.15) is 17.3 Å². The van der Waals surface area contributed by atoms with Gasteiger partial charge >= 0.3 is 0 Å². The summed E-state index contributed by atoms with van der Waals surface area (Å²) in [6.07, 6.45) is 0. The van der Waals surface area contributed by atoms with E-state index in [1.54, 1.807) is 38.3 Å². The number of methoxy groups -OCH3 is 1. The van der Waals surface area contributed by atoms with Crippen LogP contribution < -0.4 is 15.8 Å². The van der Waals surface area contributed by atoms with E-state index in [4.69, 9.17) is 10.5 Å². The Morgan fingerprint density at radius 1 is 1.13 bits per heavy atom. The van der Waals surface area contributed by atoms with E-state index in [0.717, 1.165) is 10.6 Å². The second-order valence-electron chi connectivity index (χ2n) is 4.83. The molecule has 2 rings (SSSR count). The molecule has 0 saturated heterocycles. The zero-order chi connectivity index (χ0) is 16.8. The van der Waals surface area contributed by atoms with Crippen LogP contribution in [0.5, 0.6) is 5.75 Å². The highest BCUT2D eigenvalue weighted by Gasteiger charge is 2.17. The number of thioether (sulfide) groups is 1. The number of para-hydroxylation sites is 1. The van der Waals surface area contributed by atoms with Gasteiger partial charge in [-0.25, -0.2) is 0 Å². The summed E-state index contributed by atoms with van der Waals surface area (Å²) >= 11 is 1.42. The average molecular weight is 330 g/mol. The molecule has 3 N–H and O–H groups in total. The molecule has 0 saturated carbocycles. The van der Waals surface area contributed by atoms with E-state index in [1.807, 2.05) is 24.3 Å². The second kappa shape index (κ2) is 7.69. The molecule has 0 spiro atoms. The number of carbonyl (C=O) groups excluding carboxylic acids is 2. The molecule has 2 amide bonds. The lowest BCUT2D eigenvalue weighted by Crippen LogP contribution is -2.24. The minimum Gasteiger partial charge on any atom is -0.497 e. The molecule has 1 atom stereocenters. The van der Waals surface area contributed by atoms with Gasteiger partial charge in [0.1, 0.15) is 5.75 Å². The SMILES string of the molecule is COc1ccc(SC(C)C(=O)Nc2ccccc2C(N)=O)cc1. The number of amides is 2. The zero-order valence-corrected chi connectivity index (χ0v) is 13.7. The van der Waals surface area contributed by atoms with Crippen molar-refractivity contribution in [3.05, 3.63) is 54.1 Å². The maximum atomic E-state index is 12.3. The summed E-state index contributed by atoms with van der Waals surface area (Å²) in [6, 6.07) is 14.1. The van der Waals surface area contributed by atoms with Crippen LogP contribution in [0.4, 0.5) is 5.69 Å². The molecular weight excluding hydrogens is 312 g/mol. The van der Waals surface area contributed by atoms with E-state index in [9.17, 15) is 9.59 Å². The number of anilines is 1. The third-order valence-corrected chi connectivity index (χ3v) is 4.30. The summed E-state index contributed by atoms with van der Waals surface area (Å²) in [4.78, 5) is 24.6. The first kappa shape index (κ1) is 16.9. The van der Waals surface area contributed by atoms with Crippen molar-refractivity contribution >= 4 is 29.3 Å². The highest BCUT2D eigenvalue weighted by atomic mass is 32.2.